The third-order valence-corrected chi connectivity index (χ3v) is 6.13. The van der Waals surface area contributed by atoms with E-state index in [1.54, 1.807) is 44.3 Å². The number of hydrogen-bond acceptors (Lipinski definition) is 7. The summed E-state index contributed by atoms with van der Waals surface area (Å²) in [6.45, 7) is 3.56. The molecule has 3 aromatic rings. The number of aromatic nitrogens is 2. The molecule has 178 valence electrons. The summed E-state index contributed by atoms with van der Waals surface area (Å²) in [4.78, 5) is 27.6. The molecule has 0 aliphatic heterocycles. The van der Waals surface area contributed by atoms with E-state index in [4.69, 9.17) is 30.7 Å². The number of rotatable bonds is 9. The van der Waals surface area contributed by atoms with Crippen LogP contribution in [-0.2, 0) is 16.1 Å². The minimum absolute atomic E-state index is 0.00687. The number of pyridine rings is 1. The Kier molecular flexibility index (Phi) is 7.02. The van der Waals surface area contributed by atoms with Crippen molar-refractivity contribution >= 4 is 23.7 Å². The molecule has 1 saturated carbocycles. The Morgan fingerprint density at radius 3 is 2.76 bits per heavy atom. The van der Waals surface area contributed by atoms with Gasteiger partial charge in [0.1, 0.15) is 24.2 Å². The van der Waals surface area contributed by atoms with E-state index < -0.39 is 24.1 Å². The fourth-order valence-electron chi connectivity index (χ4n) is 3.64. The topological polar surface area (TPSA) is 124 Å². The van der Waals surface area contributed by atoms with E-state index in [2.05, 4.69) is 15.5 Å². The molecule has 9 nitrogen and oxygen atoms in total. The van der Waals surface area contributed by atoms with Crippen molar-refractivity contribution in [3.63, 3.8) is 0 Å². The van der Waals surface area contributed by atoms with Crippen LogP contribution in [0.5, 0.6) is 5.88 Å². The van der Waals surface area contributed by atoms with E-state index in [1.807, 2.05) is 12.1 Å². The summed E-state index contributed by atoms with van der Waals surface area (Å²) in [5.41, 5.74) is 2.58. The number of carboxylic acid groups (broad SMARTS) is 1. The van der Waals surface area contributed by atoms with Gasteiger partial charge in [0, 0.05) is 39.9 Å². The largest absolute Gasteiger partial charge is 0.481 e. The van der Waals surface area contributed by atoms with Crippen LogP contribution in [0.25, 0.3) is 11.3 Å². The minimum Gasteiger partial charge on any atom is -0.481 e. The molecule has 10 heteroatoms. The van der Waals surface area contributed by atoms with E-state index in [0.29, 0.717) is 39.7 Å². The lowest BCUT2D eigenvalue weighted by atomic mass is 10.1. The summed E-state index contributed by atoms with van der Waals surface area (Å²) in [6, 6.07) is 10.6. The second-order valence-electron chi connectivity index (χ2n) is 8.18. The number of halogens is 1. The molecule has 0 bridgehead atoms. The van der Waals surface area contributed by atoms with Crippen molar-refractivity contribution in [3.8, 4) is 17.1 Å². The summed E-state index contributed by atoms with van der Waals surface area (Å²) in [5, 5.41) is 16.3. The normalized spacial score (nSPS) is 18.6. The molecule has 4 unspecified atom stereocenters. The van der Waals surface area contributed by atoms with Gasteiger partial charge in [0.05, 0.1) is 12.5 Å². The molecule has 1 aliphatic carbocycles. The van der Waals surface area contributed by atoms with Crippen LogP contribution in [-0.4, -0.2) is 33.4 Å². The zero-order valence-electron chi connectivity index (χ0n) is 18.6. The van der Waals surface area contributed by atoms with Crippen molar-refractivity contribution in [2.45, 2.75) is 39.0 Å². The van der Waals surface area contributed by atoms with Gasteiger partial charge in [-0.05, 0) is 25.5 Å². The fraction of sp³-hybridized carbons (Fsp3) is 0.333. The molecule has 1 amide bonds. The van der Waals surface area contributed by atoms with E-state index in [1.165, 1.54) is 6.26 Å². The van der Waals surface area contributed by atoms with Gasteiger partial charge in [-0.3, -0.25) is 4.79 Å². The zero-order chi connectivity index (χ0) is 24.2. The first-order valence-corrected chi connectivity index (χ1v) is 11.2. The maximum absolute atomic E-state index is 12.3. The number of hydrogen-bond donors (Lipinski definition) is 2. The summed E-state index contributed by atoms with van der Waals surface area (Å²) >= 11 is 6.15. The van der Waals surface area contributed by atoms with Gasteiger partial charge in [-0.25, -0.2) is 9.78 Å². The summed E-state index contributed by atoms with van der Waals surface area (Å²) < 4.78 is 16.3. The van der Waals surface area contributed by atoms with E-state index in [0.717, 1.165) is 0 Å². The Morgan fingerprint density at radius 1 is 1.26 bits per heavy atom. The molecule has 1 aromatic carbocycles. The number of nitrogens with one attached hydrogen (secondary N) is 1. The third-order valence-electron chi connectivity index (χ3n) is 5.79. The number of alkyl carbamates (subject to hydrolysis) is 1. The molecule has 0 spiro atoms. The zero-order valence-corrected chi connectivity index (χ0v) is 19.4. The molecule has 0 saturated heterocycles. The van der Waals surface area contributed by atoms with Crippen molar-refractivity contribution in [2.24, 2.45) is 11.8 Å². The van der Waals surface area contributed by atoms with Crippen molar-refractivity contribution in [3.05, 3.63) is 65.0 Å². The van der Waals surface area contributed by atoms with Crippen molar-refractivity contribution < 1.29 is 28.7 Å². The van der Waals surface area contributed by atoms with E-state index >= 15 is 0 Å². The van der Waals surface area contributed by atoms with E-state index in [-0.39, 0.29) is 18.6 Å². The second-order valence-corrected chi connectivity index (χ2v) is 8.59. The Hall–Kier alpha value is -3.59. The molecule has 2 N–H and O–H groups in total. The summed E-state index contributed by atoms with van der Waals surface area (Å²) in [5.74, 6) is -0.871. The van der Waals surface area contributed by atoms with Crippen LogP contribution in [0.2, 0.25) is 5.02 Å². The van der Waals surface area contributed by atoms with Crippen LogP contribution in [0.3, 0.4) is 0 Å². The van der Waals surface area contributed by atoms with Crippen LogP contribution < -0.4 is 10.1 Å². The van der Waals surface area contributed by atoms with Crippen molar-refractivity contribution in [1.29, 1.82) is 0 Å². The quantitative estimate of drug-likeness (QED) is 0.440. The van der Waals surface area contributed by atoms with Gasteiger partial charge >= 0.3 is 12.1 Å². The Labute approximate surface area is 201 Å². The highest BCUT2D eigenvalue weighted by atomic mass is 35.5. The molecule has 4 rings (SSSR count). The molecule has 34 heavy (non-hydrogen) atoms. The molecule has 1 fully saturated rings. The van der Waals surface area contributed by atoms with Crippen LogP contribution >= 0.6 is 11.6 Å². The van der Waals surface area contributed by atoms with Crippen molar-refractivity contribution in [1.82, 2.24) is 15.5 Å². The fourth-order valence-corrected chi connectivity index (χ4v) is 3.93. The molecule has 2 heterocycles. The molecule has 1 aliphatic rings. The maximum atomic E-state index is 12.3. The van der Waals surface area contributed by atoms with Crippen LogP contribution in [0.1, 0.15) is 37.5 Å². The molecular weight excluding hydrogens is 462 g/mol. The molecule has 2 aromatic heterocycles. The molecule has 4 atom stereocenters. The average Bonchev–Trinajstić information content (AvgIpc) is 3.41. The number of aliphatic carboxylic acids is 1. The standard InChI is InChI=1S/C24H24ClN3O6/c1-13(23(29)30)18-9-20(18)34-21-8-7-15(10-26-21)22-16(12-32-28-22)11-27-24(31)33-14(2)17-5-3-4-6-19(17)25/h3-8,10,12-14,18,20H,9,11H2,1-2H3,(H,27,31)(H,29,30). The Balaban J connectivity index is 1.31. The van der Waals surface area contributed by atoms with E-state index in [9.17, 15) is 9.59 Å². The number of ether oxygens (including phenoxy) is 2. The highest BCUT2D eigenvalue weighted by Crippen LogP contribution is 2.40. The highest BCUT2D eigenvalue weighted by Gasteiger charge is 2.46. The number of benzene rings is 1. The smallest absolute Gasteiger partial charge is 0.408 e. The van der Waals surface area contributed by atoms with Gasteiger partial charge in [0.2, 0.25) is 5.88 Å². The van der Waals surface area contributed by atoms with Gasteiger partial charge in [0.25, 0.3) is 0 Å². The predicted molar refractivity (Wildman–Crippen MR) is 122 cm³/mol. The molecule has 0 radical (unpaired) electrons. The summed E-state index contributed by atoms with van der Waals surface area (Å²) in [6.07, 6.45) is 2.47. The lowest BCUT2D eigenvalue weighted by molar-refractivity contribution is -0.142. The molecular formula is C24H24ClN3O6. The van der Waals surface area contributed by atoms with Gasteiger partial charge in [-0.15, -0.1) is 0 Å². The minimum atomic E-state index is -0.825. The van der Waals surface area contributed by atoms with Gasteiger partial charge < -0.3 is 24.4 Å². The first-order chi connectivity index (χ1) is 16.3. The van der Waals surface area contributed by atoms with Gasteiger partial charge in [-0.1, -0.05) is 41.9 Å². The first-order valence-electron chi connectivity index (χ1n) is 10.8. The highest BCUT2D eigenvalue weighted by molar-refractivity contribution is 6.31. The predicted octanol–water partition coefficient (Wildman–Crippen LogP) is 4.87. The van der Waals surface area contributed by atoms with Gasteiger partial charge in [-0.2, -0.15) is 0 Å². The summed E-state index contributed by atoms with van der Waals surface area (Å²) in [7, 11) is 0. The van der Waals surface area contributed by atoms with Crippen molar-refractivity contribution in [2.75, 3.05) is 0 Å². The number of carboxylic acids is 1. The maximum Gasteiger partial charge on any atom is 0.408 e. The lowest BCUT2D eigenvalue weighted by Crippen LogP contribution is -2.25. The SMILES string of the molecule is CC(OC(=O)NCc1conc1-c1ccc(OC2CC2C(C)C(=O)O)nc1)c1ccccc1Cl. The second kappa shape index (κ2) is 10.1. The third kappa shape index (κ3) is 5.48. The number of carbonyl (C=O) groups is 2. The monoisotopic (exact) mass is 485 g/mol. The Morgan fingerprint density at radius 2 is 2.06 bits per heavy atom. The number of carbonyl (C=O) groups excluding carboxylic acids is 1. The first kappa shape index (κ1) is 23.6. The number of nitrogens with zero attached hydrogens (tertiary/aromatic N) is 2. The van der Waals surface area contributed by atoms with Crippen LogP contribution in [0.4, 0.5) is 4.79 Å². The lowest BCUT2D eigenvalue weighted by Gasteiger charge is -2.15. The van der Waals surface area contributed by atoms with Crippen LogP contribution in [0.15, 0.2) is 53.4 Å². The number of amides is 1. The van der Waals surface area contributed by atoms with Gasteiger partial charge in [0.15, 0.2) is 0 Å². The van der Waals surface area contributed by atoms with Crippen LogP contribution in [0, 0.1) is 11.8 Å². The Bertz CT molecular complexity index is 1170. The average molecular weight is 486 g/mol.